The number of furan rings is 3. The lowest BCUT2D eigenvalue weighted by Crippen LogP contribution is -1.95. The molecule has 15 aromatic carbocycles. The van der Waals surface area contributed by atoms with Gasteiger partial charge in [-0.15, -0.1) is 0 Å². The van der Waals surface area contributed by atoms with Crippen molar-refractivity contribution >= 4 is 207 Å². The van der Waals surface area contributed by atoms with Crippen molar-refractivity contribution in [2.75, 3.05) is 0 Å². The molecule has 0 aliphatic heterocycles. The van der Waals surface area contributed by atoms with Crippen LogP contribution in [0.4, 0.5) is 0 Å². The molecule has 0 unspecified atom stereocenters. The van der Waals surface area contributed by atoms with E-state index in [1.54, 1.807) is 0 Å². The number of rotatable bonds is 4. The summed E-state index contributed by atoms with van der Waals surface area (Å²) in [7, 11) is 0. The molecule has 0 bridgehead atoms. The first kappa shape index (κ1) is 50.2. The van der Waals surface area contributed by atoms with Gasteiger partial charge in [0.1, 0.15) is 33.5 Å². The maximum Gasteiger partial charge on any atom is 0.145 e. The van der Waals surface area contributed by atoms with Crippen LogP contribution in [0.2, 0.25) is 0 Å². The van der Waals surface area contributed by atoms with E-state index in [0.29, 0.717) is 0 Å². The second-order valence-corrected chi connectivity index (χ2v) is 26.9. The van der Waals surface area contributed by atoms with Crippen molar-refractivity contribution < 1.29 is 13.3 Å². The van der Waals surface area contributed by atoms with Gasteiger partial charge in [-0.05, 0) is 139 Å². The van der Waals surface area contributed by atoms with Crippen LogP contribution in [0.3, 0.4) is 0 Å². The van der Waals surface area contributed by atoms with Crippen LogP contribution >= 0.6 is 0 Å². The molecule has 0 aliphatic carbocycles. The highest BCUT2D eigenvalue weighted by molar-refractivity contribution is 6.43. The van der Waals surface area contributed by atoms with Crippen molar-refractivity contribution in [2.24, 2.45) is 0 Å². The van der Waals surface area contributed by atoms with Crippen molar-refractivity contribution in [1.82, 2.24) is 22.5 Å². The number of nitrogens with zero attached hydrogens (tertiary/aromatic N) is 5. The SMILES string of the molecule is c1ccc(-n2c3ccccc3c3c4c5c6c(ccc5n5c7ccc8c9ccccc9n(-c9ccccc9)c8c7c(cc32)c45)c2ccc(-c3ccc4c(c3)oc3c4ccc4c3c3cc5oc7ccccc7c5c5c7c8oc9ccccc9c8ccc7n4c35)cc2n6-c2ccccc2)cc1. The number of benzene rings is 15. The van der Waals surface area contributed by atoms with Crippen LogP contribution in [0, 0.1) is 0 Å². The van der Waals surface area contributed by atoms with E-state index in [9.17, 15) is 0 Å². The molecule has 0 aliphatic rings. The number of para-hydroxylation sites is 7. The fourth-order valence-electron chi connectivity index (χ4n) is 18.5. The summed E-state index contributed by atoms with van der Waals surface area (Å²) in [5, 5.41) is 23.2. The van der Waals surface area contributed by atoms with Crippen LogP contribution < -0.4 is 0 Å². The standard InChI is InChI=1S/C90H47N5O3/c1-4-18-50(19-5-1)91-66-29-15-11-26-61(66)77-72(91)46-63-78-67(40-36-57-53-24-10-14-28-65(53)92(85(57)78)51-20-6-2-7-21-51)94-69-41-37-58-54-34-32-48(44-71(54)93(52-22-8-3-9-23-52)86(58)81(69)83(77)87(63)94)49-33-35-56-60-38-42-68-79(89(60)98-75(56)45-49)64-47-76-80(62-27-13-17-31-74(62)96-76)84-82-70(95(68)88(64)84)43-39-59-55-25-12-16-30-73(55)97-90(59)82/h1-47H. The zero-order valence-electron chi connectivity index (χ0n) is 52.1. The van der Waals surface area contributed by atoms with Gasteiger partial charge in [0, 0.05) is 114 Å². The molecular formula is C90H47N5O3. The molecule has 25 rings (SSSR count). The quantitative estimate of drug-likeness (QED) is 0.176. The largest absolute Gasteiger partial charge is 0.456 e. The predicted octanol–water partition coefficient (Wildman–Crippen LogP) is 24.6. The van der Waals surface area contributed by atoms with Gasteiger partial charge in [-0.1, -0.05) is 158 Å². The molecule has 0 saturated carbocycles. The van der Waals surface area contributed by atoms with Gasteiger partial charge in [-0.25, -0.2) is 0 Å². The highest BCUT2D eigenvalue weighted by Crippen LogP contribution is 2.54. The summed E-state index contributed by atoms with van der Waals surface area (Å²) in [4.78, 5) is 0. The zero-order chi connectivity index (χ0) is 63.1. The minimum Gasteiger partial charge on any atom is -0.456 e. The average molecular weight is 1250 g/mol. The summed E-state index contributed by atoms with van der Waals surface area (Å²) in [5.41, 5.74) is 24.6. The topological polar surface area (TPSA) is 63.0 Å². The first-order valence-corrected chi connectivity index (χ1v) is 33.6. The highest BCUT2D eigenvalue weighted by atomic mass is 16.3. The Morgan fingerprint density at radius 3 is 1.33 bits per heavy atom. The first-order valence-electron chi connectivity index (χ1n) is 33.6. The van der Waals surface area contributed by atoms with E-state index < -0.39 is 0 Å². The Labute approximate surface area is 553 Å². The normalized spacial score (nSPS) is 12.9. The molecule has 8 nitrogen and oxygen atoms in total. The maximum absolute atomic E-state index is 7.33. The summed E-state index contributed by atoms with van der Waals surface area (Å²) in [5.74, 6) is 0. The molecule has 10 heterocycles. The minimum atomic E-state index is 0.834. The second kappa shape index (κ2) is 17.5. The van der Waals surface area contributed by atoms with E-state index in [2.05, 4.69) is 302 Å². The Morgan fingerprint density at radius 2 is 0.633 bits per heavy atom. The van der Waals surface area contributed by atoms with Gasteiger partial charge in [0.15, 0.2) is 0 Å². The molecule has 10 aromatic heterocycles. The zero-order valence-corrected chi connectivity index (χ0v) is 52.1. The highest BCUT2D eigenvalue weighted by Gasteiger charge is 2.32. The Bertz CT molecular complexity index is 7900. The van der Waals surface area contributed by atoms with E-state index in [1.165, 1.54) is 98.0 Å². The summed E-state index contributed by atoms with van der Waals surface area (Å²) in [6.07, 6.45) is 0. The molecule has 0 spiro atoms. The van der Waals surface area contributed by atoms with E-state index in [4.69, 9.17) is 13.3 Å². The lowest BCUT2D eigenvalue weighted by molar-refractivity contribution is 0.669. The number of fused-ring (bicyclic) bond motifs is 36. The molecule has 25 aromatic rings. The van der Waals surface area contributed by atoms with E-state index in [1.807, 2.05) is 6.07 Å². The molecule has 0 radical (unpaired) electrons. The van der Waals surface area contributed by atoms with Crippen molar-refractivity contribution in [3.05, 3.63) is 285 Å². The third-order valence-electron chi connectivity index (χ3n) is 22.3. The molecule has 450 valence electrons. The van der Waals surface area contributed by atoms with Gasteiger partial charge in [-0.3, -0.25) is 0 Å². The Kier molecular flexibility index (Phi) is 8.98. The third-order valence-corrected chi connectivity index (χ3v) is 22.3. The predicted molar refractivity (Wildman–Crippen MR) is 406 cm³/mol. The van der Waals surface area contributed by atoms with Gasteiger partial charge in [0.25, 0.3) is 0 Å². The summed E-state index contributed by atoms with van der Waals surface area (Å²) >= 11 is 0. The van der Waals surface area contributed by atoms with Crippen molar-refractivity contribution in [3.63, 3.8) is 0 Å². The van der Waals surface area contributed by atoms with Crippen LogP contribution in [0.15, 0.2) is 298 Å². The molecule has 0 N–H and O–H groups in total. The molecule has 0 amide bonds. The van der Waals surface area contributed by atoms with E-state index >= 15 is 0 Å². The monoisotopic (exact) mass is 1250 g/mol. The number of hydrogen-bond donors (Lipinski definition) is 0. The minimum absolute atomic E-state index is 0.834. The summed E-state index contributed by atoms with van der Waals surface area (Å²) < 4.78 is 33.6. The second-order valence-electron chi connectivity index (χ2n) is 26.9. The summed E-state index contributed by atoms with van der Waals surface area (Å²) in [6, 6.07) is 105. The third kappa shape index (κ3) is 5.95. The van der Waals surface area contributed by atoms with Crippen molar-refractivity contribution in [2.45, 2.75) is 0 Å². The lowest BCUT2D eigenvalue weighted by Gasteiger charge is -2.11. The van der Waals surface area contributed by atoms with Crippen LogP contribution in [-0.4, -0.2) is 22.5 Å². The van der Waals surface area contributed by atoms with Crippen LogP contribution in [0.5, 0.6) is 0 Å². The Balaban J connectivity index is 0.761. The van der Waals surface area contributed by atoms with Gasteiger partial charge >= 0.3 is 0 Å². The van der Waals surface area contributed by atoms with E-state index in [0.717, 1.165) is 138 Å². The fourth-order valence-corrected chi connectivity index (χ4v) is 18.5. The summed E-state index contributed by atoms with van der Waals surface area (Å²) in [6.45, 7) is 0. The molecule has 0 atom stereocenters. The fraction of sp³-hybridized carbons (Fsp3) is 0. The Morgan fingerprint density at radius 1 is 0.184 bits per heavy atom. The average Bonchev–Trinajstić information content (AvgIpc) is 1.50. The molecular weight excluding hydrogens is 1200 g/mol. The van der Waals surface area contributed by atoms with Gasteiger partial charge in [0.05, 0.1) is 77.0 Å². The molecule has 8 heteroatoms. The maximum atomic E-state index is 7.33. The molecule has 98 heavy (non-hydrogen) atoms. The first-order chi connectivity index (χ1) is 48.7. The number of aromatic nitrogens is 5. The van der Waals surface area contributed by atoms with Crippen LogP contribution in [0.25, 0.3) is 236 Å². The van der Waals surface area contributed by atoms with Gasteiger partial charge in [0.2, 0.25) is 0 Å². The van der Waals surface area contributed by atoms with Crippen molar-refractivity contribution in [3.8, 4) is 28.2 Å². The van der Waals surface area contributed by atoms with Gasteiger partial charge < -0.3 is 35.8 Å². The van der Waals surface area contributed by atoms with Crippen molar-refractivity contribution in [1.29, 1.82) is 0 Å². The molecule has 0 saturated heterocycles. The van der Waals surface area contributed by atoms with E-state index in [-0.39, 0.29) is 0 Å². The van der Waals surface area contributed by atoms with Gasteiger partial charge in [-0.2, -0.15) is 0 Å². The lowest BCUT2D eigenvalue weighted by atomic mass is 9.99. The smallest absolute Gasteiger partial charge is 0.145 e. The van der Waals surface area contributed by atoms with Crippen LogP contribution in [-0.2, 0) is 0 Å². The van der Waals surface area contributed by atoms with Crippen LogP contribution in [0.1, 0.15) is 0 Å². The molecule has 0 fully saturated rings. The Hall–Kier alpha value is -13.3. The number of hydrogen-bond acceptors (Lipinski definition) is 3.